The Morgan fingerprint density at radius 2 is 0.761 bits per heavy atom. The fourth-order valence-corrected chi connectivity index (χ4v) is 16.4. The minimum atomic E-state index is -4.59. The minimum Gasteiger partial charge on any atom is -0.481 e. The number of benzene rings is 4. The molecule has 5 aliphatic heterocycles. The molecule has 5 aliphatic rings. The highest BCUT2D eigenvalue weighted by molar-refractivity contribution is 6.03. The number of halogens is 10. The van der Waals surface area contributed by atoms with E-state index in [1.807, 2.05) is 98.8 Å². The number of aromatic nitrogens is 18. The van der Waals surface area contributed by atoms with Crippen LogP contribution in [-0.2, 0) is 97.5 Å². The van der Waals surface area contributed by atoms with Crippen LogP contribution in [0.3, 0.4) is 0 Å². The van der Waals surface area contributed by atoms with Crippen molar-refractivity contribution in [2.45, 2.75) is 166 Å². The number of nitrogens with zero attached hydrogens (tertiary/aromatic N) is 23. The lowest BCUT2D eigenvalue weighted by molar-refractivity contribution is -0.142. The summed E-state index contributed by atoms with van der Waals surface area (Å²) in [4.78, 5) is 123. The van der Waals surface area contributed by atoms with Gasteiger partial charge in [0, 0.05) is 132 Å². The van der Waals surface area contributed by atoms with E-state index >= 15 is 0 Å². The number of hydrogen-bond donors (Lipinski definition) is 0. The van der Waals surface area contributed by atoms with Crippen LogP contribution in [0.5, 0.6) is 5.88 Å². The number of hydrogen-bond acceptors (Lipinski definition) is 21. The van der Waals surface area contributed by atoms with Gasteiger partial charge in [-0.05, 0) is 112 Å². The summed E-state index contributed by atoms with van der Waals surface area (Å²) in [5.41, 5.74) is 12.0. The van der Waals surface area contributed by atoms with Crippen molar-refractivity contribution in [3.05, 3.63) is 316 Å². The number of allylic oxidation sites excluding steroid dienone is 1. The number of rotatable bonds is 21. The molecule has 0 fully saturated rings. The van der Waals surface area contributed by atoms with Crippen molar-refractivity contribution in [1.29, 1.82) is 0 Å². The SMILES string of the molecule is C.C.C.C.CC(C)c1ncccc1-c1ncc2c(n1)N(Cc1ccc(-c3nc(C(F)F)cn3C)cc1)C(=O)C2.CC(C)c1ncccc1-c1ncc2c(n1)N(Cc1ccc(C3C=CC(F)=N3)cc1)C(=O)C2.COc1cc(C(F)(F)F)nn1-c1ccc(CN2C(=O)Cc3cnc(-c4cccnc4C(C)C)nc32)cc1.Cn1cc(C(F)(F)F)nc1-c1ccc(CN2C(=O)Cc3cnc(-c4cccnc4F)nc32)cc1. The Morgan fingerprint density at radius 1 is 0.415 bits per heavy atom. The zero-order valence-electron chi connectivity index (χ0n) is 75.5. The number of amides is 4. The Kier molecular flexibility index (Phi) is 31.3. The van der Waals surface area contributed by atoms with Gasteiger partial charge in [-0.15, -0.1) is 0 Å². The molecule has 0 saturated heterocycles. The summed E-state index contributed by atoms with van der Waals surface area (Å²) >= 11 is 0. The number of anilines is 4. The molecule has 1 unspecified atom stereocenters. The maximum Gasteiger partial charge on any atom is 0.435 e. The van der Waals surface area contributed by atoms with Gasteiger partial charge in [0.05, 0.1) is 93.3 Å². The topological polar surface area (TPSA) is 311 Å². The first-order valence-electron chi connectivity index (χ1n) is 43.7. The molecular weight excluding hydrogens is 1840 g/mol. The molecule has 4 amide bonds. The van der Waals surface area contributed by atoms with Crippen molar-refractivity contribution in [1.82, 2.24) is 88.7 Å². The number of carbonyl (C=O) groups is 4. The quantitative estimate of drug-likeness (QED) is 0.0476. The van der Waals surface area contributed by atoms with Crippen LogP contribution in [-0.4, -0.2) is 125 Å². The average Bonchev–Trinajstić information content (AvgIpc) is 1.63. The van der Waals surface area contributed by atoms with Gasteiger partial charge in [-0.2, -0.15) is 40.2 Å². The lowest BCUT2D eigenvalue weighted by atomic mass is 10.0. The van der Waals surface area contributed by atoms with Crippen molar-refractivity contribution in [3.8, 4) is 79.9 Å². The van der Waals surface area contributed by atoms with Crippen molar-refractivity contribution in [2.75, 3.05) is 26.7 Å². The molecule has 0 bridgehead atoms. The van der Waals surface area contributed by atoms with Crippen LogP contribution >= 0.6 is 0 Å². The zero-order chi connectivity index (χ0) is 97.3. The first-order chi connectivity index (χ1) is 66.2. The molecule has 15 aromatic rings. The molecule has 1 atom stereocenters. The largest absolute Gasteiger partial charge is 0.481 e. The van der Waals surface area contributed by atoms with E-state index in [-0.39, 0.29) is 138 Å². The van der Waals surface area contributed by atoms with Crippen molar-refractivity contribution >= 4 is 52.9 Å². The van der Waals surface area contributed by atoms with E-state index in [1.54, 1.807) is 124 Å². The van der Waals surface area contributed by atoms with Crippen molar-refractivity contribution < 1.29 is 67.8 Å². The van der Waals surface area contributed by atoms with E-state index in [4.69, 9.17) is 19.7 Å². The van der Waals surface area contributed by atoms with Gasteiger partial charge in [0.25, 0.3) is 6.43 Å². The fourth-order valence-electron chi connectivity index (χ4n) is 16.4. The van der Waals surface area contributed by atoms with Gasteiger partial charge < -0.3 is 13.9 Å². The molecule has 20 rings (SSSR count). The molecule has 0 N–H and O–H groups in total. The number of fused-ring (bicyclic) bond motifs is 4. The Balaban J connectivity index is 0.000000158. The second-order valence-corrected chi connectivity index (χ2v) is 33.9. The smallest absolute Gasteiger partial charge is 0.435 e. The van der Waals surface area contributed by atoms with Crippen LogP contribution in [0.4, 0.5) is 67.2 Å². The summed E-state index contributed by atoms with van der Waals surface area (Å²) in [6.07, 6.45) is 7.72. The minimum absolute atomic E-state index is 0. The molecule has 142 heavy (non-hydrogen) atoms. The van der Waals surface area contributed by atoms with Gasteiger partial charge in [0.15, 0.2) is 34.7 Å². The Bertz CT molecular complexity index is 7210. The van der Waals surface area contributed by atoms with Gasteiger partial charge in [0.1, 0.15) is 40.6 Å². The van der Waals surface area contributed by atoms with Gasteiger partial charge in [-0.1, -0.05) is 162 Å². The van der Waals surface area contributed by atoms with Gasteiger partial charge >= 0.3 is 12.4 Å². The highest BCUT2D eigenvalue weighted by Crippen LogP contribution is 2.41. The third-order valence-electron chi connectivity index (χ3n) is 23.3. The number of imidazole rings is 2. The first kappa shape index (κ1) is 103. The van der Waals surface area contributed by atoms with E-state index in [9.17, 15) is 63.1 Å². The van der Waals surface area contributed by atoms with E-state index in [1.165, 1.54) is 54.4 Å². The molecule has 38 heteroatoms. The third kappa shape index (κ3) is 22.1. The van der Waals surface area contributed by atoms with E-state index in [0.29, 0.717) is 82.9 Å². The standard InChI is InChI=1S/C26H23F3N6O2.C26H24F2N6O.C25H22FN5O.C23H16F4N6O.4CH4/c1-15(2)23-19(5-4-10-30-23)24-31-13-17-11-21(36)34(25(17)32-24)14-16-6-8-18(9-7-16)35-22(37-3)12-20(33-35)26(27,28)29;1-15(2)22-19(5-4-10-29-22)24-30-12-18-11-21(35)34(26(18)32-24)13-16-6-8-17(9-7-16)25-31-20(23(27)28)14-33(25)3;1-15(2)23-19(4-3-11-27-23)24-28-13-18-12-22(32)31(25(18)30-24)14-16-5-7-17(8-6-16)20-9-10-21(26)29-20;1-32-12-17(23(25,26)27)30-21(32)14-6-4-13(5-7-14)11-33-18(34)9-15-10-29-20(31-22(15)33)16-3-2-8-28-19(16)24;;;;/h4-10,12-13,15H,11,14H2,1-3H3;4-10,12,14-15,23H,11,13H2,1-3H3;3-11,13,15,20H,12,14H2,1-2H3;2-8,10,12H,9,11H2,1H3;4*1H4. The van der Waals surface area contributed by atoms with Crippen LogP contribution in [0, 0.1) is 5.95 Å². The molecule has 0 radical (unpaired) electrons. The Labute approximate surface area is 812 Å². The van der Waals surface area contributed by atoms with Gasteiger partial charge in [0.2, 0.25) is 41.4 Å². The molecule has 0 spiro atoms. The van der Waals surface area contributed by atoms with Crippen LogP contribution in [0.1, 0.15) is 186 Å². The summed E-state index contributed by atoms with van der Waals surface area (Å²) in [5, 5.41) is 3.64. The maximum atomic E-state index is 14.1. The summed E-state index contributed by atoms with van der Waals surface area (Å²) in [7, 11) is 4.46. The van der Waals surface area contributed by atoms with Crippen molar-refractivity contribution in [2.24, 2.45) is 19.1 Å². The van der Waals surface area contributed by atoms with E-state index < -0.39 is 42.1 Å². The number of aliphatic imine (C=N–C) groups is 1. The normalized spacial score (nSPS) is 13.9. The van der Waals surface area contributed by atoms with Crippen LogP contribution < -0.4 is 24.3 Å². The lowest BCUT2D eigenvalue weighted by Gasteiger charge is -2.18. The third-order valence-corrected chi connectivity index (χ3v) is 23.3. The van der Waals surface area contributed by atoms with Crippen LogP contribution in [0.15, 0.2) is 231 Å². The molecule has 0 aliphatic carbocycles. The summed E-state index contributed by atoms with van der Waals surface area (Å²) in [6.45, 7) is 13.6. The highest BCUT2D eigenvalue weighted by atomic mass is 19.4. The molecule has 11 aromatic heterocycles. The maximum absolute atomic E-state index is 14.1. The molecular formula is C104H101F10N23O5. The number of aryl methyl sites for hydroxylation is 2. The second-order valence-electron chi connectivity index (χ2n) is 33.9. The lowest BCUT2D eigenvalue weighted by Crippen LogP contribution is -2.26. The molecule has 28 nitrogen and oxygen atoms in total. The van der Waals surface area contributed by atoms with E-state index in [0.717, 1.165) is 101 Å². The molecule has 732 valence electrons. The predicted molar refractivity (Wildman–Crippen MR) is 519 cm³/mol. The highest BCUT2D eigenvalue weighted by Gasteiger charge is 2.39. The average molecular weight is 1940 g/mol. The Morgan fingerprint density at radius 3 is 1.09 bits per heavy atom. The molecule has 16 heterocycles. The van der Waals surface area contributed by atoms with Crippen LogP contribution in [0.2, 0.25) is 0 Å². The van der Waals surface area contributed by atoms with Crippen molar-refractivity contribution in [3.63, 3.8) is 0 Å². The number of ether oxygens (including phenoxy) is 1. The monoisotopic (exact) mass is 1940 g/mol. The number of pyridine rings is 4. The second kappa shape index (κ2) is 43.1. The summed E-state index contributed by atoms with van der Waals surface area (Å²) in [6, 6.07) is 43.6. The fraction of sp³-hybridized carbons (Fsp3) is 0.269. The number of carbonyl (C=O) groups excluding carboxylic acids is 4. The Hall–Kier alpha value is -16.2. The molecule has 4 aromatic carbocycles. The number of methoxy groups -OCH3 is 1. The first-order valence-corrected chi connectivity index (χ1v) is 43.7. The van der Waals surface area contributed by atoms with Crippen LogP contribution in [0.25, 0.3) is 74.0 Å². The molecule has 0 saturated carbocycles. The van der Waals surface area contributed by atoms with Gasteiger partial charge in [-0.25, -0.2) is 73.3 Å². The number of alkyl halides is 8. The van der Waals surface area contributed by atoms with E-state index in [2.05, 4.69) is 92.6 Å². The predicted octanol–water partition coefficient (Wildman–Crippen LogP) is 21.5. The summed E-state index contributed by atoms with van der Waals surface area (Å²) < 4.78 is 141. The summed E-state index contributed by atoms with van der Waals surface area (Å²) in [5.74, 6) is 3.62. The van der Waals surface area contributed by atoms with Gasteiger partial charge in [-0.3, -0.25) is 53.7 Å². The zero-order valence-corrected chi connectivity index (χ0v) is 75.5.